The SMILES string of the molecule is C=CCCCOS(=O)(=O)c1ccc([N+](=O)[O-])cc1. The molecule has 0 amide bonds. The first-order chi connectivity index (χ1) is 8.47. The fourth-order valence-electron chi connectivity index (χ4n) is 1.20. The number of non-ortho nitro benzene ring substituents is 1. The molecular weight excluding hydrogens is 258 g/mol. The molecule has 0 spiro atoms. The van der Waals surface area contributed by atoms with Gasteiger partial charge in [-0.1, -0.05) is 6.08 Å². The summed E-state index contributed by atoms with van der Waals surface area (Å²) >= 11 is 0. The Hall–Kier alpha value is -1.73. The van der Waals surface area contributed by atoms with E-state index in [2.05, 4.69) is 6.58 Å². The molecule has 0 aliphatic rings. The highest BCUT2D eigenvalue weighted by Gasteiger charge is 2.16. The number of allylic oxidation sites excluding steroid dienone is 1. The second-order valence-electron chi connectivity index (χ2n) is 3.46. The summed E-state index contributed by atoms with van der Waals surface area (Å²) in [6.07, 6.45) is 2.88. The molecule has 6 nitrogen and oxygen atoms in total. The molecule has 0 aliphatic carbocycles. The average Bonchev–Trinajstić information content (AvgIpc) is 2.35. The molecule has 98 valence electrons. The number of nitrogens with zero attached hydrogens (tertiary/aromatic N) is 1. The zero-order valence-corrected chi connectivity index (χ0v) is 10.4. The van der Waals surface area contributed by atoms with E-state index in [1.165, 1.54) is 0 Å². The lowest BCUT2D eigenvalue weighted by Crippen LogP contribution is -2.07. The summed E-state index contributed by atoms with van der Waals surface area (Å²) in [4.78, 5) is 9.73. The van der Waals surface area contributed by atoms with Crippen LogP contribution in [-0.2, 0) is 14.3 Å². The lowest BCUT2D eigenvalue weighted by atomic mass is 10.3. The third kappa shape index (κ3) is 3.94. The Labute approximate surface area is 105 Å². The van der Waals surface area contributed by atoms with Gasteiger partial charge in [-0.2, -0.15) is 8.42 Å². The van der Waals surface area contributed by atoms with Crippen molar-refractivity contribution in [3.8, 4) is 0 Å². The van der Waals surface area contributed by atoms with Crippen molar-refractivity contribution >= 4 is 15.8 Å². The van der Waals surface area contributed by atoms with Gasteiger partial charge in [-0.05, 0) is 25.0 Å². The van der Waals surface area contributed by atoms with Crippen molar-refractivity contribution in [3.05, 3.63) is 47.0 Å². The van der Waals surface area contributed by atoms with Crippen LogP contribution in [0.4, 0.5) is 5.69 Å². The first kappa shape index (κ1) is 14.3. The van der Waals surface area contributed by atoms with Crippen LogP contribution in [0.2, 0.25) is 0 Å². The summed E-state index contributed by atoms with van der Waals surface area (Å²) in [6.45, 7) is 3.57. The van der Waals surface area contributed by atoms with Crippen LogP contribution in [0.5, 0.6) is 0 Å². The normalized spacial score (nSPS) is 11.1. The smallest absolute Gasteiger partial charge is 0.266 e. The van der Waals surface area contributed by atoms with Gasteiger partial charge in [0.05, 0.1) is 16.4 Å². The molecule has 1 aromatic rings. The molecule has 0 bridgehead atoms. The number of hydrogen-bond donors (Lipinski definition) is 0. The summed E-state index contributed by atoms with van der Waals surface area (Å²) in [6, 6.07) is 4.56. The van der Waals surface area contributed by atoms with Gasteiger partial charge in [0.25, 0.3) is 15.8 Å². The molecule has 0 aromatic heterocycles. The van der Waals surface area contributed by atoms with Crippen LogP contribution in [0.3, 0.4) is 0 Å². The molecule has 7 heteroatoms. The van der Waals surface area contributed by atoms with Crippen LogP contribution in [-0.4, -0.2) is 19.9 Å². The van der Waals surface area contributed by atoms with E-state index in [1.807, 2.05) is 0 Å². The molecule has 0 radical (unpaired) electrons. The van der Waals surface area contributed by atoms with Crippen LogP contribution < -0.4 is 0 Å². The van der Waals surface area contributed by atoms with Crippen molar-refractivity contribution in [1.29, 1.82) is 0 Å². The van der Waals surface area contributed by atoms with Gasteiger partial charge in [0, 0.05) is 12.1 Å². The summed E-state index contributed by atoms with van der Waals surface area (Å²) in [7, 11) is -3.84. The van der Waals surface area contributed by atoms with Gasteiger partial charge < -0.3 is 0 Å². The fourth-order valence-corrected chi connectivity index (χ4v) is 2.14. The minimum atomic E-state index is -3.84. The van der Waals surface area contributed by atoms with E-state index in [0.717, 1.165) is 24.3 Å². The van der Waals surface area contributed by atoms with Gasteiger partial charge in [0.1, 0.15) is 0 Å². The van der Waals surface area contributed by atoms with E-state index in [4.69, 9.17) is 4.18 Å². The highest BCUT2D eigenvalue weighted by Crippen LogP contribution is 2.17. The lowest BCUT2D eigenvalue weighted by Gasteiger charge is -2.04. The Morgan fingerprint density at radius 3 is 2.44 bits per heavy atom. The summed E-state index contributed by atoms with van der Waals surface area (Å²) in [5.74, 6) is 0. The maximum absolute atomic E-state index is 11.7. The second kappa shape index (κ2) is 6.27. The van der Waals surface area contributed by atoms with E-state index >= 15 is 0 Å². The standard InChI is InChI=1S/C11H13NO5S/c1-2-3-4-9-17-18(15,16)11-7-5-10(6-8-11)12(13)14/h2,5-8H,1,3-4,9H2. The average molecular weight is 271 g/mol. The predicted octanol–water partition coefficient (Wildman–Crippen LogP) is 2.27. The second-order valence-corrected chi connectivity index (χ2v) is 5.07. The number of nitro groups is 1. The number of nitro benzene ring substituents is 1. The number of unbranched alkanes of at least 4 members (excludes halogenated alkanes) is 1. The van der Waals surface area contributed by atoms with Gasteiger partial charge in [-0.15, -0.1) is 6.58 Å². The Morgan fingerprint density at radius 2 is 1.94 bits per heavy atom. The summed E-state index contributed by atoms with van der Waals surface area (Å²) < 4.78 is 28.1. The zero-order chi connectivity index (χ0) is 13.6. The molecule has 0 unspecified atom stereocenters. The predicted molar refractivity (Wildman–Crippen MR) is 65.7 cm³/mol. The highest BCUT2D eigenvalue weighted by atomic mass is 32.2. The van der Waals surface area contributed by atoms with Gasteiger partial charge in [0.2, 0.25) is 0 Å². The van der Waals surface area contributed by atoms with Crippen molar-refractivity contribution in [1.82, 2.24) is 0 Å². The van der Waals surface area contributed by atoms with Crippen molar-refractivity contribution in [3.63, 3.8) is 0 Å². The third-order valence-electron chi connectivity index (χ3n) is 2.13. The monoisotopic (exact) mass is 271 g/mol. The molecule has 0 saturated heterocycles. The van der Waals surface area contributed by atoms with Crippen molar-refractivity contribution < 1.29 is 17.5 Å². The van der Waals surface area contributed by atoms with Gasteiger partial charge in [-0.3, -0.25) is 14.3 Å². The molecule has 0 heterocycles. The van der Waals surface area contributed by atoms with Gasteiger partial charge in [-0.25, -0.2) is 0 Å². The molecule has 0 saturated carbocycles. The topological polar surface area (TPSA) is 86.5 Å². The number of benzene rings is 1. The van der Waals surface area contributed by atoms with Gasteiger partial charge >= 0.3 is 0 Å². The molecule has 1 rings (SSSR count). The molecular formula is C11H13NO5S. The molecule has 0 aliphatic heterocycles. The molecule has 1 aromatic carbocycles. The first-order valence-corrected chi connectivity index (χ1v) is 6.63. The quantitative estimate of drug-likeness (QED) is 0.249. The Bertz CT molecular complexity index is 521. The summed E-state index contributed by atoms with van der Waals surface area (Å²) in [5.41, 5.74) is -0.166. The van der Waals surface area contributed by atoms with Gasteiger partial charge in [0.15, 0.2) is 0 Å². The molecule has 0 atom stereocenters. The van der Waals surface area contributed by atoms with E-state index in [1.54, 1.807) is 6.08 Å². The number of hydrogen-bond acceptors (Lipinski definition) is 5. The van der Waals surface area contributed by atoms with Crippen LogP contribution in [0.25, 0.3) is 0 Å². The van der Waals surface area contributed by atoms with Crippen molar-refractivity contribution in [2.45, 2.75) is 17.7 Å². The van der Waals surface area contributed by atoms with E-state index in [0.29, 0.717) is 12.8 Å². The lowest BCUT2D eigenvalue weighted by molar-refractivity contribution is -0.384. The first-order valence-electron chi connectivity index (χ1n) is 5.22. The molecule has 0 fully saturated rings. The van der Waals surface area contributed by atoms with Crippen molar-refractivity contribution in [2.75, 3.05) is 6.61 Å². The minimum Gasteiger partial charge on any atom is -0.266 e. The Morgan fingerprint density at radius 1 is 1.33 bits per heavy atom. The largest absolute Gasteiger partial charge is 0.296 e. The minimum absolute atomic E-state index is 0.0609. The molecule has 18 heavy (non-hydrogen) atoms. The molecule has 0 N–H and O–H groups in total. The van der Waals surface area contributed by atoms with Crippen LogP contribution in [0.1, 0.15) is 12.8 Å². The van der Waals surface area contributed by atoms with Crippen LogP contribution in [0, 0.1) is 10.1 Å². The number of rotatable bonds is 7. The zero-order valence-electron chi connectivity index (χ0n) is 9.61. The summed E-state index contributed by atoms with van der Waals surface area (Å²) in [5, 5.41) is 10.4. The highest BCUT2D eigenvalue weighted by molar-refractivity contribution is 7.86. The fraction of sp³-hybridized carbons (Fsp3) is 0.273. The third-order valence-corrected chi connectivity index (χ3v) is 3.45. The van der Waals surface area contributed by atoms with Crippen LogP contribution in [0.15, 0.2) is 41.8 Å². The van der Waals surface area contributed by atoms with E-state index in [9.17, 15) is 18.5 Å². The maximum atomic E-state index is 11.7. The Kier molecular flexibility index (Phi) is 4.99. The van der Waals surface area contributed by atoms with Crippen molar-refractivity contribution in [2.24, 2.45) is 0 Å². The van der Waals surface area contributed by atoms with E-state index in [-0.39, 0.29) is 17.2 Å². The maximum Gasteiger partial charge on any atom is 0.296 e. The van der Waals surface area contributed by atoms with Crippen LogP contribution >= 0.6 is 0 Å². The Balaban J connectivity index is 2.72. The van der Waals surface area contributed by atoms with E-state index < -0.39 is 15.0 Å².